The first kappa shape index (κ1) is 63.7. The third kappa shape index (κ3) is 22.4. The van der Waals surface area contributed by atoms with Gasteiger partial charge < -0.3 is 69.2 Å². The first-order valence-electron chi connectivity index (χ1n) is 24.0. The van der Waals surface area contributed by atoms with Crippen LogP contribution in [0.15, 0.2) is 12.5 Å². The molecule has 9 amide bonds. The number of nitrogens with one attached hydrogen (secondary N) is 9. The highest BCUT2D eigenvalue weighted by molar-refractivity contribution is 7.80. The van der Waals surface area contributed by atoms with Gasteiger partial charge in [0.1, 0.15) is 48.3 Å². The number of nitrogens with zero attached hydrogens (tertiary/aromatic N) is 1. The maximum Gasteiger partial charge on any atom is 0.326 e. The number of rotatable bonds is 33. The van der Waals surface area contributed by atoms with Crippen LogP contribution in [0.2, 0.25) is 0 Å². The van der Waals surface area contributed by atoms with Gasteiger partial charge in [-0.25, -0.2) is 9.78 Å². The van der Waals surface area contributed by atoms with E-state index in [9.17, 15) is 63.0 Å². The molecular formula is C46H78N12O13S. The van der Waals surface area contributed by atoms with E-state index in [0.29, 0.717) is 12.1 Å². The molecule has 15 N–H and O–H groups in total. The lowest BCUT2D eigenvalue weighted by Crippen LogP contribution is -2.62. The van der Waals surface area contributed by atoms with E-state index in [4.69, 9.17) is 11.5 Å². The molecule has 0 saturated heterocycles. The first-order valence-corrected chi connectivity index (χ1v) is 24.7. The number of aromatic nitrogens is 2. The average Bonchev–Trinajstić information content (AvgIpc) is 3.80. The summed E-state index contributed by atoms with van der Waals surface area (Å²) in [6.07, 6.45) is 1.70. The summed E-state index contributed by atoms with van der Waals surface area (Å²) in [6.45, 7) is 16.9. The van der Waals surface area contributed by atoms with Crippen molar-refractivity contribution in [3.63, 3.8) is 0 Å². The Hall–Kier alpha value is -6.31. The van der Waals surface area contributed by atoms with Gasteiger partial charge in [-0.2, -0.15) is 12.6 Å². The highest BCUT2D eigenvalue weighted by atomic mass is 32.1. The number of carboxylic acid groups (broad SMARTS) is 2. The highest BCUT2D eigenvalue weighted by Crippen LogP contribution is 2.13. The fourth-order valence-corrected chi connectivity index (χ4v) is 7.39. The number of primary amides is 1. The number of carbonyl (C=O) groups excluding carboxylic acids is 9. The fraction of sp³-hybridized carbons (Fsp3) is 0.696. The zero-order valence-electron chi connectivity index (χ0n) is 42.8. The normalized spacial score (nSPS) is 15.6. The maximum atomic E-state index is 14.1. The van der Waals surface area contributed by atoms with E-state index in [0.717, 1.165) is 0 Å². The van der Waals surface area contributed by atoms with Gasteiger partial charge in [0.2, 0.25) is 53.2 Å². The molecule has 10 atom stereocenters. The minimum Gasteiger partial charge on any atom is -0.481 e. The zero-order valence-corrected chi connectivity index (χ0v) is 43.7. The van der Waals surface area contributed by atoms with Crippen LogP contribution in [0.1, 0.15) is 113 Å². The number of imidazole rings is 1. The lowest BCUT2D eigenvalue weighted by atomic mass is 9.97. The van der Waals surface area contributed by atoms with Crippen LogP contribution in [0, 0.1) is 29.6 Å². The van der Waals surface area contributed by atoms with Crippen LogP contribution in [0.25, 0.3) is 0 Å². The molecule has 1 aromatic rings. The Bertz CT molecular complexity index is 2020. The Labute approximate surface area is 425 Å². The van der Waals surface area contributed by atoms with Gasteiger partial charge in [-0.15, -0.1) is 0 Å². The number of carbonyl (C=O) groups is 11. The molecule has 406 valence electrons. The van der Waals surface area contributed by atoms with E-state index in [2.05, 4.69) is 65.1 Å². The van der Waals surface area contributed by atoms with Crippen LogP contribution in [-0.2, 0) is 59.2 Å². The van der Waals surface area contributed by atoms with Crippen molar-refractivity contribution in [3.8, 4) is 0 Å². The van der Waals surface area contributed by atoms with Crippen LogP contribution >= 0.6 is 12.6 Å². The molecule has 25 nitrogen and oxygen atoms in total. The lowest BCUT2D eigenvalue weighted by Gasteiger charge is -2.29. The summed E-state index contributed by atoms with van der Waals surface area (Å²) in [5.41, 5.74) is 11.7. The summed E-state index contributed by atoms with van der Waals surface area (Å²) in [5, 5.41) is 39.6. The van der Waals surface area contributed by atoms with E-state index in [1.165, 1.54) is 26.4 Å². The number of H-pyrrole nitrogens is 1. The number of hydrogen-bond donors (Lipinski definition) is 14. The van der Waals surface area contributed by atoms with Gasteiger partial charge >= 0.3 is 11.9 Å². The summed E-state index contributed by atoms with van der Waals surface area (Å²) in [6, 6.07) is -12.4. The van der Waals surface area contributed by atoms with Crippen molar-refractivity contribution < 1.29 is 63.0 Å². The number of amides is 9. The van der Waals surface area contributed by atoms with Crippen LogP contribution in [0.3, 0.4) is 0 Å². The third-order valence-corrected chi connectivity index (χ3v) is 11.8. The molecule has 1 aromatic heterocycles. The molecule has 0 aliphatic carbocycles. The second-order valence-electron chi connectivity index (χ2n) is 19.4. The van der Waals surface area contributed by atoms with Crippen molar-refractivity contribution >= 4 is 77.7 Å². The molecule has 0 radical (unpaired) electrons. The molecule has 0 bridgehead atoms. The van der Waals surface area contributed by atoms with Crippen LogP contribution in [0.4, 0.5) is 0 Å². The molecule has 1 heterocycles. The van der Waals surface area contributed by atoms with Crippen LogP contribution < -0.4 is 54.0 Å². The molecule has 26 heteroatoms. The SMILES string of the molecule is CC[C@H](C)[C@H](NC(=O)[C@@H](NC(=O)[C@H](Cc1cnc[nH]1)NC(=O)[C@H](CC(C)C)NC(=O)[C@H](CC(=O)O)NC(=O)[C@@H](NC(=O)[C@H](CS)NC(=O)[C@H](CCC(N)=O)NC(=O)[C@@H](N)CC(C)C)C(C)C)C(C)C)C(=O)O. The van der Waals surface area contributed by atoms with Crippen molar-refractivity contribution in [2.75, 3.05) is 5.75 Å². The number of aliphatic carboxylic acids is 2. The molecule has 72 heavy (non-hydrogen) atoms. The Balaban J connectivity index is 3.40. The van der Waals surface area contributed by atoms with Gasteiger partial charge in [-0.3, -0.25) is 47.9 Å². The van der Waals surface area contributed by atoms with Gasteiger partial charge in [0.05, 0.1) is 18.8 Å². The summed E-state index contributed by atoms with van der Waals surface area (Å²) in [7, 11) is 0. The molecular weight excluding hydrogens is 961 g/mol. The van der Waals surface area contributed by atoms with Crippen molar-refractivity contribution in [3.05, 3.63) is 18.2 Å². The van der Waals surface area contributed by atoms with Crippen molar-refractivity contribution in [2.24, 2.45) is 41.1 Å². The smallest absolute Gasteiger partial charge is 0.326 e. The van der Waals surface area contributed by atoms with E-state index in [-0.39, 0.29) is 49.7 Å². The number of thiol groups is 1. The van der Waals surface area contributed by atoms with E-state index < -0.39 is 144 Å². The van der Waals surface area contributed by atoms with Gasteiger partial charge in [-0.1, -0.05) is 75.7 Å². The molecule has 0 spiro atoms. The van der Waals surface area contributed by atoms with Crippen LogP contribution in [0.5, 0.6) is 0 Å². The highest BCUT2D eigenvalue weighted by Gasteiger charge is 2.37. The van der Waals surface area contributed by atoms with E-state index in [1.54, 1.807) is 41.5 Å². The summed E-state index contributed by atoms with van der Waals surface area (Å²) < 4.78 is 0. The van der Waals surface area contributed by atoms with Crippen molar-refractivity contribution in [1.82, 2.24) is 52.5 Å². The lowest BCUT2D eigenvalue weighted by molar-refractivity contribution is -0.144. The number of carboxylic acids is 2. The third-order valence-electron chi connectivity index (χ3n) is 11.4. The molecule has 0 aliphatic rings. The molecule has 0 saturated carbocycles. The number of nitrogens with two attached hydrogens (primary N) is 2. The molecule has 0 aromatic carbocycles. The molecule has 0 unspecified atom stereocenters. The number of hydrogen-bond acceptors (Lipinski definition) is 14. The van der Waals surface area contributed by atoms with E-state index >= 15 is 0 Å². The Morgan fingerprint density at radius 1 is 0.597 bits per heavy atom. The first-order chi connectivity index (χ1) is 33.5. The largest absolute Gasteiger partial charge is 0.481 e. The fourth-order valence-electron chi connectivity index (χ4n) is 7.14. The van der Waals surface area contributed by atoms with Crippen LogP contribution in [-0.4, -0.2) is 145 Å². The standard InChI is InChI=1S/C46H78N12O13S/c1-11-25(10)37(46(70)71)58-45(69)36(24(8)9)56-42(66)30(16-26-18-49-20-50-26)53-40(64)29(15-22(4)5)52-41(65)31(17-34(60)61)54-44(68)35(23(6)7)57-43(67)32(19-72)55-39(63)28(12-13-33(48)59)51-38(62)27(47)14-21(2)3/h18,20-25,27-32,35-37,72H,11-17,19,47H2,1-10H3,(H2,48,59)(H,49,50)(H,51,62)(H,52,65)(H,53,64)(H,54,68)(H,55,63)(H,56,66)(H,57,67)(H,58,69)(H,60,61)(H,70,71)/t25-,27-,28-,29-,30-,31-,32-,35-,36-,37-/m0/s1. The zero-order chi connectivity index (χ0) is 55.2. The number of aromatic amines is 1. The predicted octanol–water partition coefficient (Wildman–Crippen LogP) is -1.64. The Morgan fingerprint density at radius 3 is 1.50 bits per heavy atom. The quantitative estimate of drug-likeness (QED) is 0.0351. The second-order valence-corrected chi connectivity index (χ2v) is 19.8. The molecule has 0 fully saturated rings. The van der Waals surface area contributed by atoms with Gasteiger partial charge in [0, 0.05) is 30.5 Å². The molecule has 0 aliphatic heterocycles. The average molecular weight is 1040 g/mol. The van der Waals surface area contributed by atoms with E-state index in [1.807, 2.05) is 13.8 Å². The van der Waals surface area contributed by atoms with Gasteiger partial charge in [0.15, 0.2) is 0 Å². The summed E-state index contributed by atoms with van der Waals surface area (Å²) in [5.74, 6) is -12.9. The Morgan fingerprint density at radius 2 is 1.04 bits per heavy atom. The molecule has 1 rings (SSSR count). The second kappa shape index (κ2) is 31.2. The monoisotopic (exact) mass is 1040 g/mol. The summed E-state index contributed by atoms with van der Waals surface area (Å²) >= 11 is 4.18. The Kier molecular flexibility index (Phi) is 27.6. The maximum absolute atomic E-state index is 14.1. The minimum atomic E-state index is -1.83. The minimum absolute atomic E-state index is 0.0411. The topological polar surface area (TPSA) is 405 Å². The van der Waals surface area contributed by atoms with Crippen molar-refractivity contribution in [1.29, 1.82) is 0 Å². The van der Waals surface area contributed by atoms with Gasteiger partial charge in [0.25, 0.3) is 0 Å². The van der Waals surface area contributed by atoms with Crippen molar-refractivity contribution in [2.45, 2.75) is 169 Å². The van der Waals surface area contributed by atoms with Gasteiger partial charge in [-0.05, 0) is 48.9 Å². The summed E-state index contributed by atoms with van der Waals surface area (Å²) in [4.78, 5) is 152. The predicted molar refractivity (Wildman–Crippen MR) is 266 cm³/mol.